The standard InChI is InChI=1S/C37H40N4O3/c1-39-19-20-41(36(42)27-40-17-14-30(15-18-40)29-8-3-2-4-9-29)21-22-44-35-13-12-31(33-11-6-16-38-26-33)25-34(35)24-28-7-5-10-32(23-28)37(39)43/h2-13,16,23,25-26,30H,14-15,17-22,24,27H2,1H3. The van der Waals surface area contributed by atoms with Crippen LogP contribution in [0.3, 0.4) is 0 Å². The number of aromatic nitrogens is 1. The van der Waals surface area contributed by atoms with Crippen molar-refractivity contribution >= 4 is 11.8 Å². The van der Waals surface area contributed by atoms with Crippen LogP contribution in [0.25, 0.3) is 11.1 Å². The van der Waals surface area contributed by atoms with Gasteiger partial charge < -0.3 is 14.5 Å². The first kappa shape index (κ1) is 29.6. The maximum Gasteiger partial charge on any atom is 0.253 e. The Hall–Kier alpha value is -4.49. The summed E-state index contributed by atoms with van der Waals surface area (Å²) < 4.78 is 6.37. The molecule has 0 spiro atoms. The first-order valence-electron chi connectivity index (χ1n) is 15.6. The highest BCUT2D eigenvalue weighted by atomic mass is 16.5. The molecule has 4 aromatic rings. The van der Waals surface area contributed by atoms with Gasteiger partial charge in [0.05, 0.1) is 13.1 Å². The number of hydrogen-bond donors (Lipinski definition) is 0. The van der Waals surface area contributed by atoms with Gasteiger partial charge in [-0.15, -0.1) is 0 Å². The molecule has 44 heavy (non-hydrogen) atoms. The van der Waals surface area contributed by atoms with E-state index in [9.17, 15) is 9.59 Å². The number of rotatable bonds is 4. The van der Waals surface area contributed by atoms with E-state index in [1.165, 1.54) is 5.56 Å². The maximum absolute atomic E-state index is 13.7. The number of nitrogens with zero attached hydrogens (tertiary/aromatic N) is 4. The molecule has 0 aliphatic carbocycles. The molecule has 2 amide bonds. The summed E-state index contributed by atoms with van der Waals surface area (Å²) in [5.41, 5.74) is 6.19. The zero-order valence-electron chi connectivity index (χ0n) is 25.4. The van der Waals surface area contributed by atoms with Crippen LogP contribution >= 0.6 is 0 Å². The maximum atomic E-state index is 13.7. The molecule has 1 aromatic heterocycles. The molecular formula is C37H40N4O3. The topological polar surface area (TPSA) is 66.0 Å². The first-order chi connectivity index (χ1) is 21.5. The van der Waals surface area contributed by atoms with Gasteiger partial charge in [0.15, 0.2) is 0 Å². The van der Waals surface area contributed by atoms with Crippen LogP contribution in [0.2, 0.25) is 0 Å². The minimum atomic E-state index is -0.0418. The van der Waals surface area contributed by atoms with Crippen molar-refractivity contribution < 1.29 is 14.3 Å². The molecule has 0 N–H and O–H groups in total. The number of piperidine rings is 1. The lowest BCUT2D eigenvalue weighted by Gasteiger charge is -2.34. The molecule has 7 nitrogen and oxygen atoms in total. The second-order valence-corrected chi connectivity index (χ2v) is 11.9. The number of benzene rings is 3. The average molecular weight is 589 g/mol. The fourth-order valence-electron chi connectivity index (χ4n) is 6.27. The number of pyridine rings is 1. The minimum Gasteiger partial charge on any atom is -0.491 e. The Morgan fingerprint density at radius 2 is 1.66 bits per heavy atom. The van der Waals surface area contributed by atoms with Crippen LogP contribution in [0.5, 0.6) is 5.75 Å². The van der Waals surface area contributed by atoms with Crippen molar-refractivity contribution in [2.45, 2.75) is 25.2 Å². The largest absolute Gasteiger partial charge is 0.491 e. The van der Waals surface area contributed by atoms with E-state index >= 15 is 0 Å². The third-order valence-corrected chi connectivity index (χ3v) is 8.86. The van der Waals surface area contributed by atoms with Crippen molar-refractivity contribution in [1.29, 1.82) is 0 Å². The Kier molecular flexibility index (Phi) is 9.32. The molecule has 3 heterocycles. The molecule has 0 radical (unpaired) electrons. The van der Waals surface area contributed by atoms with Gasteiger partial charge in [-0.2, -0.15) is 0 Å². The van der Waals surface area contributed by atoms with E-state index in [1.54, 1.807) is 11.1 Å². The van der Waals surface area contributed by atoms with Gasteiger partial charge in [-0.3, -0.25) is 19.5 Å². The Balaban J connectivity index is 1.19. The van der Waals surface area contributed by atoms with E-state index in [-0.39, 0.29) is 11.8 Å². The van der Waals surface area contributed by atoms with E-state index < -0.39 is 0 Å². The Labute approximate surface area is 260 Å². The predicted molar refractivity (Wildman–Crippen MR) is 173 cm³/mol. The molecule has 6 rings (SSSR count). The summed E-state index contributed by atoms with van der Waals surface area (Å²) in [5.74, 6) is 1.37. The van der Waals surface area contributed by atoms with Gasteiger partial charge in [0.25, 0.3) is 5.91 Å². The fourth-order valence-corrected chi connectivity index (χ4v) is 6.27. The molecular weight excluding hydrogens is 548 g/mol. The molecule has 2 aliphatic rings. The molecule has 7 heteroatoms. The number of fused-ring (bicyclic) bond motifs is 3. The Bertz CT molecular complexity index is 1570. The van der Waals surface area contributed by atoms with Crippen LogP contribution in [0.15, 0.2) is 97.3 Å². The summed E-state index contributed by atoms with van der Waals surface area (Å²) in [6, 6.07) is 28.7. The summed E-state index contributed by atoms with van der Waals surface area (Å²) in [6.07, 6.45) is 6.35. The van der Waals surface area contributed by atoms with E-state index in [4.69, 9.17) is 4.74 Å². The van der Waals surface area contributed by atoms with Crippen molar-refractivity contribution in [2.24, 2.45) is 0 Å². The highest BCUT2D eigenvalue weighted by Gasteiger charge is 2.25. The summed E-state index contributed by atoms with van der Waals surface area (Å²) in [6.45, 7) is 3.92. The SMILES string of the molecule is CN1CCN(C(=O)CN2CCC(c3ccccc3)CC2)CCOc2ccc(-c3cccnc3)cc2Cc2cccc(c2)C1=O. The lowest BCUT2D eigenvalue weighted by molar-refractivity contribution is -0.133. The van der Waals surface area contributed by atoms with Gasteiger partial charge in [0.2, 0.25) is 5.91 Å². The number of carbonyl (C=O) groups excluding carboxylic acids is 2. The van der Waals surface area contributed by atoms with Crippen molar-refractivity contribution in [3.63, 3.8) is 0 Å². The summed E-state index contributed by atoms with van der Waals surface area (Å²) in [7, 11) is 1.81. The average Bonchev–Trinajstić information content (AvgIpc) is 3.07. The summed E-state index contributed by atoms with van der Waals surface area (Å²) in [4.78, 5) is 37.2. The van der Waals surface area contributed by atoms with Gasteiger partial charge in [-0.1, -0.05) is 54.6 Å². The molecule has 2 aliphatic heterocycles. The lowest BCUT2D eigenvalue weighted by atomic mass is 9.89. The predicted octanol–water partition coefficient (Wildman–Crippen LogP) is 5.51. The lowest BCUT2D eigenvalue weighted by Crippen LogP contribution is -2.47. The first-order valence-corrected chi connectivity index (χ1v) is 15.6. The molecule has 1 saturated heterocycles. The zero-order valence-corrected chi connectivity index (χ0v) is 25.4. The van der Waals surface area contributed by atoms with Crippen LogP contribution < -0.4 is 4.74 Å². The van der Waals surface area contributed by atoms with Crippen molar-refractivity contribution in [3.8, 4) is 16.9 Å². The van der Waals surface area contributed by atoms with Crippen LogP contribution in [0.1, 0.15) is 45.8 Å². The van der Waals surface area contributed by atoms with Crippen molar-refractivity contribution in [2.75, 3.05) is 52.9 Å². The Morgan fingerprint density at radius 3 is 2.45 bits per heavy atom. The van der Waals surface area contributed by atoms with Crippen molar-refractivity contribution in [3.05, 3.63) is 120 Å². The third-order valence-electron chi connectivity index (χ3n) is 8.86. The van der Waals surface area contributed by atoms with E-state index in [1.807, 2.05) is 60.6 Å². The highest BCUT2D eigenvalue weighted by Crippen LogP contribution is 2.30. The van der Waals surface area contributed by atoms with Crippen LogP contribution in [0.4, 0.5) is 0 Å². The molecule has 2 bridgehead atoms. The van der Waals surface area contributed by atoms with Gasteiger partial charge in [0.1, 0.15) is 12.4 Å². The van der Waals surface area contributed by atoms with Crippen LogP contribution in [0, 0.1) is 0 Å². The van der Waals surface area contributed by atoms with Crippen LogP contribution in [-0.4, -0.2) is 84.4 Å². The van der Waals surface area contributed by atoms with Gasteiger partial charge in [-0.05, 0) is 84.4 Å². The Morgan fingerprint density at radius 1 is 0.841 bits per heavy atom. The normalized spacial score (nSPS) is 17.0. The number of likely N-dealkylation sites (tertiary alicyclic amines) is 1. The fraction of sp³-hybridized carbons (Fsp3) is 0.324. The number of hydrogen-bond acceptors (Lipinski definition) is 5. The second kappa shape index (κ2) is 13.9. The number of likely N-dealkylation sites (N-methyl/N-ethyl adjacent to an activating group) is 1. The highest BCUT2D eigenvalue weighted by molar-refractivity contribution is 5.94. The quantitative estimate of drug-likeness (QED) is 0.315. The molecule has 0 unspecified atom stereocenters. The van der Waals surface area contributed by atoms with Gasteiger partial charge in [-0.25, -0.2) is 0 Å². The monoisotopic (exact) mass is 588 g/mol. The number of amides is 2. The van der Waals surface area contributed by atoms with E-state index in [0.717, 1.165) is 53.9 Å². The zero-order chi connectivity index (χ0) is 30.3. The van der Waals surface area contributed by atoms with Crippen LogP contribution in [-0.2, 0) is 11.2 Å². The molecule has 0 atom stereocenters. The summed E-state index contributed by atoms with van der Waals surface area (Å²) >= 11 is 0. The number of carbonyl (C=O) groups is 2. The summed E-state index contributed by atoms with van der Waals surface area (Å²) in [5, 5.41) is 0. The molecule has 0 saturated carbocycles. The third kappa shape index (κ3) is 7.17. The molecule has 3 aromatic carbocycles. The van der Waals surface area contributed by atoms with Gasteiger partial charge >= 0.3 is 0 Å². The van der Waals surface area contributed by atoms with Crippen molar-refractivity contribution in [1.82, 2.24) is 19.7 Å². The smallest absolute Gasteiger partial charge is 0.253 e. The number of ether oxygens (including phenoxy) is 1. The molecule has 1 fully saturated rings. The molecule has 226 valence electrons. The van der Waals surface area contributed by atoms with E-state index in [2.05, 4.69) is 52.3 Å². The van der Waals surface area contributed by atoms with E-state index in [0.29, 0.717) is 50.7 Å². The minimum absolute atomic E-state index is 0.0418. The van der Waals surface area contributed by atoms with Gasteiger partial charge in [0, 0.05) is 50.1 Å². The second-order valence-electron chi connectivity index (χ2n) is 11.9.